The van der Waals surface area contributed by atoms with Gasteiger partial charge >= 0.3 is 0 Å². The first-order valence-electron chi connectivity index (χ1n) is 4.84. The van der Waals surface area contributed by atoms with Crippen LogP contribution in [0.25, 0.3) is 0 Å². The highest BCUT2D eigenvalue weighted by Crippen LogP contribution is 2.29. The van der Waals surface area contributed by atoms with Crippen LogP contribution in [0.5, 0.6) is 0 Å². The first-order chi connectivity index (χ1) is 7.22. The lowest BCUT2D eigenvalue weighted by molar-refractivity contribution is 0.285. The standard InChI is InChI=1S/C10H15ClN2OS/c1-3-5-13(6-4-2)10-12-9(11)8(7-14)15-10/h3,14H,1,4-7H2,2H3. The monoisotopic (exact) mass is 246 g/mol. The SMILES string of the molecule is C=CCN(CCC)c1nc(Cl)c(CO)s1. The molecule has 0 aliphatic rings. The summed E-state index contributed by atoms with van der Waals surface area (Å²) in [6, 6.07) is 0. The van der Waals surface area contributed by atoms with E-state index in [1.54, 1.807) is 0 Å². The lowest BCUT2D eigenvalue weighted by Gasteiger charge is -2.18. The highest BCUT2D eigenvalue weighted by atomic mass is 35.5. The van der Waals surface area contributed by atoms with Gasteiger partial charge in [0, 0.05) is 13.1 Å². The van der Waals surface area contributed by atoms with Crippen LogP contribution >= 0.6 is 22.9 Å². The van der Waals surface area contributed by atoms with E-state index in [1.807, 2.05) is 6.08 Å². The predicted molar refractivity (Wildman–Crippen MR) is 65.7 cm³/mol. The zero-order valence-electron chi connectivity index (χ0n) is 8.74. The largest absolute Gasteiger partial charge is 0.391 e. The van der Waals surface area contributed by atoms with Gasteiger partial charge in [0.1, 0.15) is 5.15 Å². The van der Waals surface area contributed by atoms with Crippen LogP contribution in [0.3, 0.4) is 0 Å². The minimum Gasteiger partial charge on any atom is -0.391 e. The second-order valence-corrected chi connectivity index (χ2v) is 4.52. The lowest BCUT2D eigenvalue weighted by Crippen LogP contribution is -2.23. The van der Waals surface area contributed by atoms with E-state index in [0.29, 0.717) is 5.15 Å². The van der Waals surface area contributed by atoms with Gasteiger partial charge in [-0.05, 0) is 6.42 Å². The van der Waals surface area contributed by atoms with Crippen molar-refractivity contribution in [3.05, 3.63) is 22.7 Å². The van der Waals surface area contributed by atoms with Gasteiger partial charge in [-0.15, -0.1) is 6.58 Å². The van der Waals surface area contributed by atoms with Gasteiger partial charge in [-0.25, -0.2) is 4.98 Å². The molecule has 0 bridgehead atoms. The molecule has 84 valence electrons. The Labute approximate surface area is 99.0 Å². The highest BCUT2D eigenvalue weighted by molar-refractivity contribution is 7.16. The van der Waals surface area contributed by atoms with E-state index in [1.165, 1.54) is 11.3 Å². The van der Waals surface area contributed by atoms with Gasteiger partial charge in [-0.1, -0.05) is 35.9 Å². The fourth-order valence-corrected chi connectivity index (χ4v) is 2.40. The molecule has 0 unspecified atom stereocenters. The molecule has 0 radical (unpaired) electrons. The molecule has 15 heavy (non-hydrogen) atoms. The van der Waals surface area contributed by atoms with Crippen LogP contribution in [0, 0.1) is 0 Å². The number of hydrogen-bond acceptors (Lipinski definition) is 4. The number of anilines is 1. The minimum atomic E-state index is -0.0510. The molecule has 0 fully saturated rings. The van der Waals surface area contributed by atoms with Gasteiger partial charge in [0.05, 0.1) is 11.5 Å². The molecular weight excluding hydrogens is 232 g/mol. The van der Waals surface area contributed by atoms with Crippen LogP contribution in [0.2, 0.25) is 5.15 Å². The summed E-state index contributed by atoms with van der Waals surface area (Å²) in [5, 5.41) is 10.3. The smallest absolute Gasteiger partial charge is 0.187 e. The number of hydrogen-bond donors (Lipinski definition) is 1. The Morgan fingerprint density at radius 3 is 2.87 bits per heavy atom. The van der Waals surface area contributed by atoms with Crippen molar-refractivity contribution in [3.8, 4) is 0 Å². The van der Waals surface area contributed by atoms with E-state index in [2.05, 4.69) is 23.4 Å². The number of thiazole rings is 1. The van der Waals surface area contributed by atoms with Crippen molar-refractivity contribution in [1.82, 2.24) is 4.98 Å². The quantitative estimate of drug-likeness (QED) is 0.784. The van der Waals surface area contributed by atoms with Gasteiger partial charge in [0.25, 0.3) is 0 Å². The van der Waals surface area contributed by atoms with Crippen LogP contribution < -0.4 is 4.90 Å². The third-order valence-corrected chi connectivity index (χ3v) is 3.42. The molecule has 0 saturated carbocycles. The molecule has 0 saturated heterocycles. The van der Waals surface area contributed by atoms with Gasteiger partial charge in [-0.3, -0.25) is 0 Å². The van der Waals surface area contributed by atoms with E-state index >= 15 is 0 Å². The molecule has 3 nitrogen and oxygen atoms in total. The molecule has 0 aliphatic carbocycles. The Morgan fingerprint density at radius 1 is 1.67 bits per heavy atom. The number of rotatable bonds is 6. The van der Waals surface area contributed by atoms with Crippen molar-refractivity contribution in [1.29, 1.82) is 0 Å². The maximum Gasteiger partial charge on any atom is 0.187 e. The lowest BCUT2D eigenvalue weighted by atomic mass is 10.4. The zero-order chi connectivity index (χ0) is 11.3. The molecule has 1 N–H and O–H groups in total. The van der Waals surface area contributed by atoms with E-state index in [0.717, 1.165) is 29.5 Å². The highest BCUT2D eigenvalue weighted by Gasteiger charge is 2.13. The second-order valence-electron chi connectivity index (χ2n) is 3.10. The number of aliphatic hydroxyl groups is 1. The fourth-order valence-electron chi connectivity index (χ4n) is 1.24. The normalized spacial score (nSPS) is 10.3. The molecule has 1 heterocycles. The summed E-state index contributed by atoms with van der Waals surface area (Å²) in [6.07, 6.45) is 2.88. The van der Waals surface area contributed by atoms with Crippen molar-refractivity contribution in [2.45, 2.75) is 20.0 Å². The first-order valence-corrected chi connectivity index (χ1v) is 6.04. The summed E-state index contributed by atoms with van der Waals surface area (Å²) in [4.78, 5) is 7.04. The molecule has 0 aromatic carbocycles. The Morgan fingerprint density at radius 2 is 2.40 bits per heavy atom. The van der Waals surface area contributed by atoms with Crippen molar-refractivity contribution >= 4 is 28.1 Å². The van der Waals surface area contributed by atoms with Gasteiger partial charge in [0.2, 0.25) is 0 Å². The summed E-state index contributed by atoms with van der Waals surface area (Å²) in [5.41, 5.74) is 0. The Bertz CT molecular complexity index is 327. The van der Waals surface area contributed by atoms with Gasteiger partial charge < -0.3 is 10.0 Å². The van der Waals surface area contributed by atoms with Crippen LogP contribution in [-0.2, 0) is 6.61 Å². The molecule has 1 aromatic rings. The average molecular weight is 247 g/mol. The second kappa shape index (κ2) is 6.10. The first kappa shape index (κ1) is 12.5. The van der Waals surface area contributed by atoms with Crippen molar-refractivity contribution in [2.75, 3.05) is 18.0 Å². The van der Waals surface area contributed by atoms with E-state index in [4.69, 9.17) is 16.7 Å². The van der Waals surface area contributed by atoms with Gasteiger partial charge in [-0.2, -0.15) is 0 Å². The summed E-state index contributed by atoms with van der Waals surface area (Å²) in [7, 11) is 0. The number of halogens is 1. The third kappa shape index (κ3) is 3.19. The molecule has 0 amide bonds. The van der Waals surface area contributed by atoms with Crippen molar-refractivity contribution in [3.63, 3.8) is 0 Å². The van der Waals surface area contributed by atoms with Crippen LogP contribution in [0.4, 0.5) is 5.13 Å². The molecule has 5 heteroatoms. The van der Waals surface area contributed by atoms with Crippen LogP contribution in [0.15, 0.2) is 12.7 Å². The zero-order valence-corrected chi connectivity index (χ0v) is 10.3. The summed E-state index contributed by atoms with van der Waals surface area (Å²) in [5.74, 6) is 0. The van der Waals surface area contributed by atoms with Gasteiger partial charge in [0.15, 0.2) is 5.13 Å². The molecular formula is C10H15ClN2OS. The summed E-state index contributed by atoms with van der Waals surface area (Å²) >= 11 is 7.31. The summed E-state index contributed by atoms with van der Waals surface area (Å²) in [6.45, 7) is 7.44. The fraction of sp³-hybridized carbons (Fsp3) is 0.500. The maximum atomic E-state index is 9.02. The molecule has 0 spiro atoms. The summed E-state index contributed by atoms with van der Waals surface area (Å²) < 4.78 is 0. The molecule has 0 atom stereocenters. The maximum absolute atomic E-state index is 9.02. The third-order valence-electron chi connectivity index (χ3n) is 1.90. The molecule has 0 aliphatic heterocycles. The topological polar surface area (TPSA) is 36.4 Å². The van der Waals surface area contributed by atoms with E-state index in [9.17, 15) is 0 Å². The number of aromatic nitrogens is 1. The van der Waals surface area contributed by atoms with Crippen molar-refractivity contribution in [2.24, 2.45) is 0 Å². The van der Waals surface area contributed by atoms with E-state index in [-0.39, 0.29) is 6.61 Å². The van der Waals surface area contributed by atoms with E-state index < -0.39 is 0 Å². The minimum absolute atomic E-state index is 0.0510. The Balaban J connectivity index is 2.84. The van der Waals surface area contributed by atoms with Crippen LogP contribution in [-0.4, -0.2) is 23.2 Å². The molecule has 1 aromatic heterocycles. The number of nitrogens with zero attached hydrogens (tertiary/aromatic N) is 2. The Hall–Kier alpha value is -0.580. The Kier molecular flexibility index (Phi) is 5.08. The predicted octanol–water partition coefficient (Wildman–Crippen LogP) is 2.69. The number of aliphatic hydroxyl groups excluding tert-OH is 1. The van der Waals surface area contributed by atoms with Crippen molar-refractivity contribution < 1.29 is 5.11 Å². The van der Waals surface area contributed by atoms with Crippen LogP contribution in [0.1, 0.15) is 18.2 Å². The average Bonchev–Trinajstić information content (AvgIpc) is 2.59. The molecule has 1 rings (SSSR count).